The largest absolute Gasteiger partial charge is 0.503 e. The number of hydrogen-bond donors (Lipinski definition) is 1. The van der Waals surface area contributed by atoms with Gasteiger partial charge in [0.25, 0.3) is 5.69 Å². The fraction of sp³-hybridized carbons (Fsp3) is 0.118. The van der Waals surface area contributed by atoms with Gasteiger partial charge >= 0.3 is 0 Å². The quantitative estimate of drug-likeness (QED) is 0.279. The van der Waals surface area contributed by atoms with Crippen molar-refractivity contribution in [1.29, 1.82) is 5.26 Å². The highest BCUT2D eigenvalue weighted by Crippen LogP contribution is 2.43. The highest BCUT2D eigenvalue weighted by atomic mass is 79.9. The molecule has 0 unspecified atom stereocenters. The molecule has 0 radical (unpaired) electrons. The molecule has 2 rings (SSSR count). The molecule has 0 aliphatic heterocycles. The summed E-state index contributed by atoms with van der Waals surface area (Å²) in [5.74, 6) is 0.240. The van der Waals surface area contributed by atoms with Gasteiger partial charge in [-0.3, -0.25) is 10.1 Å². The summed E-state index contributed by atoms with van der Waals surface area (Å²) >= 11 is 6.65. The Labute approximate surface area is 160 Å². The fourth-order valence-electron chi connectivity index (χ4n) is 2.08. The zero-order chi connectivity index (χ0) is 18.6. The summed E-state index contributed by atoms with van der Waals surface area (Å²) in [5, 5.41) is 30.3. The smallest absolute Gasteiger partial charge is 0.269 e. The molecule has 128 valence electrons. The summed E-state index contributed by atoms with van der Waals surface area (Å²) in [6.45, 7) is 2.17. The van der Waals surface area contributed by atoms with Crippen molar-refractivity contribution in [1.82, 2.24) is 0 Å². The number of benzene rings is 2. The molecule has 0 heterocycles. The van der Waals surface area contributed by atoms with E-state index in [4.69, 9.17) is 4.74 Å². The normalized spacial score (nSPS) is 11.0. The van der Waals surface area contributed by atoms with E-state index in [1.807, 2.05) is 0 Å². The summed E-state index contributed by atoms with van der Waals surface area (Å²) in [5.41, 5.74) is 1.43. The molecule has 0 bridgehead atoms. The maximum absolute atomic E-state index is 10.7. The van der Waals surface area contributed by atoms with Gasteiger partial charge in [0.05, 0.1) is 27.6 Å². The van der Waals surface area contributed by atoms with Crippen molar-refractivity contribution < 1.29 is 14.8 Å². The molecule has 0 saturated heterocycles. The minimum atomic E-state index is -0.498. The van der Waals surface area contributed by atoms with Crippen LogP contribution in [0.5, 0.6) is 11.5 Å². The van der Waals surface area contributed by atoms with Gasteiger partial charge in [0.15, 0.2) is 11.5 Å². The molecule has 25 heavy (non-hydrogen) atoms. The Hall–Kier alpha value is -2.37. The lowest BCUT2D eigenvalue weighted by molar-refractivity contribution is -0.384. The number of phenolic OH excluding ortho intramolecular Hbond substituents is 1. The van der Waals surface area contributed by atoms with Gasteiger partial charge in [-0.2, -0.15) is 5.26 Å². The van der Waals surface area contributed by atoms with Crippen LogP contribution >= 0.6 is 31.9 Å². The minimum Gasteiger partial charge on any atom is -0.503 e. The molecule has 0 fully saturated rings. The number of halogens is 2. The van der Waals surface area contributed by atoms with Crippen molar-refractivity contribution in [2.24, 2.45) is 0 Å². The van der Waals surface area contributed by atoms with Gasteiger partial charge in [0.2, 0.25) is 0 Å². The van der Waals surface area contributed by atoms with Gasteiger partial charge in [0, 0.05) is 16.6 Å². The Kier molecular flexibility index (Phi) is 6.17. The van der Waals surface area contributed by atoms with Crippen LogP contribution in [0.2, 0.25) is 0 Å². The Morgan fingerprint density at radius 2 is 2.00 bits per heavy atom. The first-order valence-electron chi connectivity index (χ1n) is 7.09. The molecule has 6 nitrogen and oxygen atoms in total. The van der Waals surface area contributed by atoms with Gasteiger partial charge in [-0.15, -0.1) is 0 Å². The van der Waals surface area contributed by atoms with E-state index in [2.05, 4.69) is 37.9 Å². The van der Waals surface area contributed by atoms with Crippen molar-refractivity contribution >= 4 is 49.2 Å². The number of rotatable bonds is 5. The molecule has 0 amide bonds. The summed E-state index contributed by atoms with van der Waals surface area (Å²) in [6, 6.07) is 9.40. The molecule has 8 heteroatoms. The Bertz CT molecular complexity index is 887. The first kappa shape index (κ1) is 19.0. The zero-order valence-electron chi connectivity index (χ0n) is 13.0. The van der Waals surface area contributed by atoms with Crippen LogP contribution < -0.4 is 4.74 Å². The van der Waals surface area contributed by atoms with Crippen LogP contribution in [0, 0.1) is 21.4 Å². The molecule has 0 aromatic heterocycles. The maximum atomic E-state index is 10.7. The van der Waals surface area contributed by atoms with E-state index >= 15 is 0 Å². The van der Waals surface area contributed by atoms with Gasteiger partial charge in [0.1, 0.15) is 0 Å². The van der Waals surface area contributed by atoms with E-state index in [1.165, 1.54) is 24.3 Å². The van der Waals surface area contributed by atoms with E-state index < -0.39 is 4.92 Å². The van der Waals surface area contributed by atoms with E-state index in [0.717, 1.165) is 0 Å². The predicted molar refractivity (Wildman–Crippen MR) is 101 cm³/mol. The number of nitriles is 1. The maximum Gasteiger partial charge on any atom is 0.269 e. The summed E-state index contributed by atoms with van der Waals surface area (Å²) in [4.78, 5) is 10.2. The van der Waals surface area contributed by atoms with Gasteiger partial charge < -0.3 is 9.84 Å². The topological polar surface area (TPSA) is 96.4 Å². The van der Waals surface area contributed by atoms with Crippen molar-refractivity contribution in [2.45, 2.75) is 6.92 Å². The third-order valence-electron chi connectivity index (χ3n) is 3.28. The number of ether oxygens (including phenoxy) is 1. The summed E-state index contributed by atoms with van der Waals surface area (Å²) in [7, 11) is 0. The lowest BCUT2D eigenvalue weighted by atomic mass is 10.0. The van der Waals surface area contributed by atoms with Crippen molar-refractivity contribution in [3.8, 4) is 17.6 Å². The van der Waals surface area contributed by atoms with Crippen LogP contribution in [0.25, 0.3) is 11.6 Å². The molecule has 0 aliphatic carbocycles. The number of non-ortho nitro benzene ring substituents is 1. The number of allylic oxidation sites excluding steroid dienone is 1. The SMILES string of the molecule is CCOc1cc(/C=C(/C#N)c2ccc([N+](=O)[O-])cc2)c(Br)c(Br)c1O. The Morgan fingerprint density at radius 3 is 2.52 bits per heavy atom. The second-order valence-electron chi connectivity index (χ2n) is 4.85. The van der Waals surface area contributed by atoms with Crippen molar-refractivity contribution in [3.63, 3.8) is 0 Å². The van der Waals surface area contributed by atoms with E-state index in [0.29, 0.717) is 32.3 Å². The molecular weight excluding hydrogens is 456 g/mol. The average Bonchev–Trinajstić information content (AvgIpc) is 2.61. The minimum absolute atomic E-state index is 0.0419. The standard InChI is InChI=1S/C17H12Br2N2O4/c1-2-25-14-8-11(15(18)16(19)17(14)22)7-12(9-20)10-3-5-13(6-4-10)21(23)24/h3-8,22H,2H2,1H3/b12-7-. The van der Waals surface area contributed by atoms with E-state index in [1.54, 1.807) is 19.1 Å². The van der Waals surface area contributed by atoms with Crippen molar-refractivity contribution in [2.75, 3.05) is 6.61 Å². The van der Waals surface area contributed by atoms with Crippen molar-refractivity contribution in [3.05, 3.63) is 60.5 Å². The predicted octanol–water partition coefficient (Wildman–Crippen LogP) is 5.29. The second-order valence-corrected chi connectivity index (χ2v) is 6.43. The molecule has 2 aromatic carbocycles. The van der Waals surface area contributed by atoms with Gasteiger partial charge in [-0.05, 0) is 74.2 Å². The number of nitro benzene ring substituents is 1. The average molecular weight is 468 g/mol. The molecule has 0 saturated carbocycles. The third kappa shape index (κ3) is 4.18. The number of nitrogens with zero attached hydrogens (tertiary/aromatic N) is 2. The van der Waals surface area contributed by atoms with Crippen LogP contribution in [-0.2, 0) is 0 Å². The highest BCUT2D eigenvalue weighted by Gasteiger charge is 2.15. The van der Waals surface area contributed by atoms with Crippen LogP contribution in [0.15, 0.2) is 39.3 Å². The van der Waals surface area contributed by atoms with Crippen LogP contribution in [0.4, 0.5) is 5.69 Å². The first-order valence-corrected chi connectivity index (χ1v) is 8.68. The number of phenols is 1. The van der Waals surface area contributed by atoms with Crippen LogP contribution in [-0.4, -0.2) is 16.6 Å². The number of nitro groups is 1. The lowest BCUT2D eigenvalue weighted by Crippen LogP contribution is -1.94. The summed E-state index contributed by atoms with van der Waals surface area (Å²) < 4.78 is 6.35. The van der Waals surface area contributed by atoms with Crippen LogP contribution in [0.3, 0.4) is 0 Å². The Balaban J connectivity index is 2.52. The van der Waals surface area contributed by atoms with Gasteiger partial charge in [-0.25, -0.2) is 0 Å². The van der Waals surface area contributed by atoms with E-state index in [9.17, 15) is 20.5 Å². The lowest BCUT2D eigenvalue weighted by Gasteiger charge is -2.11. The molecule has 0 atom stereocenters. The summed E-state index contributed by atoms with van der Waals surface area (Å²) in [6.07, 6.45) is 1.61. The second kappa shape index (κ2) is 8.14. The molecule has 0 aliphatic rings. The first-order chi connectivity index (χ1) is 11.9. The molecule has 2 aromatic rings. The third-order valence-corrected chi connectivity index (χ3v) is 5.44. The van der Waals surface area contributed by atoms with Gasteiger partial charge in [-0.1, -0.05) is 0 Å². The molecule has 0 spiro atoms. The fourth-order valence-corrected chi connectivity index (χ4v) is 2.92. The number of aromatic hydroxyl groups is 1. The molecule has 1 N–H and O–H groups in total. The Morgan fingerprint density at radius 1 is 1.36 bits per heavy atom. The molecular formula is C17H12Br2N2O4. The number of hydrogen-bond acceptors (Lipinski definition) is 5. The highest BCUT2D eigenvalue weighted by molar-refractivity contribution is 9.13. The zero-order valence-corrected chi connectivity index (χ0v) is 16.2. The van der Waals surface area contributed by atoms with Crippen LogP contribution in [0.1, 0.15) is 18.1 Å². The van der Waals surface area contributed by atoms with E-state index in [-0.39, 0.29) is 17.2 Å². The monoisotopic (exact) mass is 466 g/mol.